The second kappa shape index (κ2) is 5.99. The van der Waals surface area contributed by atoms with Crippen LogP contribution < -0.4 is 10.2 Å². The standard InChI is InChI=1S/C16H19N3O2/c1-12-6-7-17-15(10-12)19-8-2-5-14(19)16(20)18-11-13-4-3-9-21-13/h3-4,6-7,9-10,14H,2,5,8,11H2,1H3,(H,18,20)/t14-/m0/s1. The normalized spacial score (nSPS) is 18.0. The molecule has 1 fully saturated rings. The third-order valence-electron chi connectivity index (χ3n) is 3.77. The summed E-state index contributed by atoms with van der Waals surface area (Å²) >= 11 is 0. The summed E-state index contributed by atoms with van der Waals surface area (Å²) in [6, 6.07) is 7.52. The molecule has 0 saturated carbocycles. The van der Waals surface area contributed by atoms with Gasteiger partial charge in [-0.15, -0.1) is 0 Å². The minimum absolute atomic E-state index is 0.0345. The molecule has 0 spiro atoms. The molecular weight excluding hydrogens is 266 g/mol. The predicted molar refractivity (Wildman–Crippen MR) is 79.9 cm³/mol. The van der Waals surface area contributed by atoms with Crippen LogP contribution in [0.5, 0.6) is 0 Å². The number of carbonyl (C=O) groups excluding carboxylic acids is 1. The van der Waals surface area contributed by atoms with Gasteiger partial charge in [-0.3, -0.25) is 4.79 Å². The largest absolute Gasteiger partial charge is 0.467 e. The van der Waals surface area contributed by atoms with Crippen LogP contribution in [0.25, 0.3) is 0 Å². The van der Waals surface area contributed by atoms with Gasteiger partial charge in [0.05, 0.1) is 12.8 Å². The van der Waals surface area contributed by atoms with Crippen molar-refractivity contribution < 1.29 is 9.21 Å². The summed E-state index contributed by atoms with van der Waals surface area (Å²) in [4.78, 5) is 18.9. The Hall–Kier alpha value is -2.30. The van der Waals surface area contributed by atoms with Crippen LogP contribution in [0.3, 0.4) is 0 Å². The van der Waals surface area contributed by atoms with Gasteiger partial charge < -0.3 is 14.6 Å². The summed E-state index contributed by atoms with van der Waals surface area (Å²) in [5, 5.41) is 2.94. The van der Waals surface area contributed by atoms with Crippen molar-refractivity contribution in [2.24, 2.45) is 0 Å². The van der Waals surface area contributed by atoms with Crippen molar-refractivity contribution in [2.75, 3.05) is 11.4 Å². The molecule has 2 aromatic rings. The van der Waals surface area contributed by atoms with Gasteiger partial charge in [0, 0.05) is 12.7 Å². The van der Waals surface area contributed by atoms with Crippen molar-refractivity contribution in [3.05, 3.63) is 48.0 Å². The highest BCUT2D eigenvalue weighted by molar-refractivity contribution is 5.85. The molecule has 2 aromatic heterocycles. The van der Waals surface area contributed by atoms with Crippen LogP contribution in [0.4, 0.5) is 5.82 Å². The smallest absolute Gasteiger partial charge is 0.243 e. The van der Waals surface area contributed by atoms with Crippen LogP contribution >= 0.6 is 0 Å². The van der Waals surface area contributed by atoms with Crippen LogP contribution in [-0.4, -0.2) is 23.5 Å². The molecule has 1 amide bonds. The van der Waals surface area contributed by atoms with Crippen molar-refractivity contribution in [1.29, 1.82) is 0 Å². The number of furan rings is 1. The molecule has 0 unspecified atom stereocenters. The molecule has 0 aromatic carbocycles. The highest BCUT2D eigenvalue weighted by atomic mass is 16.3. The first-order chi connectivity index (χ1) is 10.2. The summed E-state index contributed by atoms with van der Waals surface area (Å²) in [5.41, 5.74) is 1.15. The SMILES string of the molecule is Cc1ccnc(N2CCC[C@H]2C(=O)NCc2ccco2)c1. The van der Waals surface area contributed by atoms with Gasteiger partial charge in [0.2, 0.25) is 5.91 Å². The van der Waals surface area contributed by atoms with Gasteiger partial charge in [-0.25, -0.2) is 4.98 Å². The van der Waals surface area contributed by atoms with E-state index >= 15 is 0 Å². The molecule has 0 bridgehead atoms. The third kappa shape index (κ3) is 3.07. The number of hydrogen-bond donors (Lipinski definition) is 1. The van der Waals surface area contributed by atoms with E-state index < -0.39 is 0 Å². The summed E-state index contributed by atoms with van der Waals surface area (Å²) in [6.07, 6.45) is 5.27. The fourth-order valence-electron chi connectivity index (χ4n) is 2.70. The van der Waals surface area contributed by atoms with E-state index in [1.807, 2.05) is 31.2 Å². The van der Waals surface area contributed by atoms with Gasteiger partial charge in [-0.05, 0) is 49.6 Å². The third-order valence-corrected chi connectivity index (χ3v) is 3.77. The first-order valence-electron chi connectivity index (χ1n) is 7.23. The molecule has 3 rings (SSSR count). The maximum absolute atomic E-state index is 12.4. The molecule has 0 radical (unpaired) electrons. The molecule has 0 aliphatic carbocycles. The average molecular weight is 285 g/mol. The highest BCUT2D eigenvalue weighted by Crippen LogP contribution is 2.24. The number of hydrogen-bond acceptors (Lipinski definition) is 4. The maximum atomic E-state index is 12.4. The lowest BCUT2D eigenvalue weighted by Crippen LogP contribution is -2.43. The summed E-state index contributed by atoms with van der Waals surface area (Å²) in [7, 11) is 0. The molecule has 1 saturated heterocycles. The number of aromatic nitrogens is 1. The topological polar surface area (TPSA) is 58.4 Å². The van der Waals surface area contributed by atoms with Crippen molar-refractivity contribution in [1.82, 2.24) is 10.3 Å². The van der Waals surface area contributed by atoms with Gasteiger partial charge >= 0.3 is 0 Å². The molecule has 1 atom stereocenters. The lowest BCUT2D eigenvalue weighted by Gasteiger charge is -2.25. The predicted octanol–water partition coefficient (Wildman–Crippen LogP) is 2.27. The molecule has 1 aliphatic rings. The van der Waals surface area contributed by atoms with Gasteiger partial charge in [0.1, 0.15) is 17.6 Å². The summed E-state index contributed by atoms with van der Waals surface area (Å²) < 4.78 is 5.23. The first kappa shape index (κ1) is 13.7. The quantitative estimate of drug-likeness (QED) is 0.936. The lowest BCUT2D eigenvalue weighted by molar-refractivity contribution is -0.122. The number of carbonyl (C=O) groups is 1. The van der Waals surface area contributed by atoms with E-state index in [0.717, 1.165) is 36.5 Å². The Morgan fingerprint density at radius 2 is 2.43 bits per heavy atom. The lowest BCUT2D eigenvalue weighted by atomic mass is 10.2. The Labute approximate surface area is 124 Å². The number of nitrogens with zero attached hydrogens (tertiary/aromatic N) is 2. The molecule has 1 N–H and O–H groups in total. The zero-order valence-corrected chi connectivity index (χ0v) is 12.1. The molecule has 5 heteroatoms. The Morgan fingerprint density at radius 1 is 1.52 bits per heavy atom. The molecular formula is C16H19N3O2. The Morgan fingerprint density at radius 3 is 3.19 bits per heavy atom. The number of amides is 1. The summed E-state index contributed by atoms with van der Waals surface area (Å²) in [6.45, 7) is 3.33. The minimum atomic E-state index is -0.144. The number of rotatable bonds is 4. The van der Waals surface area contributed by atoms with E-state index in [1.54, 1.807) is 12.5 Å². The molecule has 1 aliphatic heterocycles. The van der Waals surface area contributed by atoms with Crippen molar-refractivity contribution in [3.8, 4) is 0 Å². The summed E-state index contributed by atoms with van der Waals surface area (Å²) in [5.74, 6) is 1.68. The molecule has 21 heavy (non-hydrogen) atoms. The first-order valence-corrected chi connectivity index (χ1v) is 7.23. The minimum Gasteiger partial charge on any atom is -0.467 e. The van der Waals surface area contributed by atoms with E-state index in [-0.39, 0.29) is 11.9 Å². The second-order valence-electron chi connectivity index (χ2n) is 5.34. The van der Waals surface area contributed by atoms with Crippen molar-refractivity contribution >= 4 is 11.7 Å². The molecule has 3 heterocycles. The van der Waals surface area contributed by atoms with Gasteiger partial charge in [0.15, 0.2) is 0 Å². The number of nitrogens with one attached hydrogen (secondary N) is 1. The maximum Gasteiger partial charge on any atom is 0.243 e. The van der Waals surface area contributed by atoms with E-state index in [1.165, 1.54) is 0 Å². The van der Waals surface area contributed by atoms with Crippen LogP contribution in [0.15, 0.2) is 41.1 Å². The van der Waals surface area contributed by atoms with Gasteiger partial charge in [-0.1, -0.05) is 0 Å². The fraction of sp³-hybridized carbons (Fsp3) is 0.375. The molecule has 5 nitrogen and oxygen atoms in total. The van der Waals surface area contributed by atoms with E-state index in [4.69, 9.17) is 4.42 Å². The Bertz CT molecular complexity index is 610. The number of pyridine rings is 1. The van der Waals surface area contributed by atoms with E-state index in [2.05, 4.69) is 15.2 Å². The van der Waals surface area contributed by atoms with Crippen LogP contribution in [0.1, 0.15) is 24.2 Å². The van der Waals surface area contributed by atoms with E-state index in [9.17, 15) is 4.79 Å². The Balaban J connectivity index is 1.67. The van der Waals surface area contributed by atoms with Crippen molar-refractivity contribution in [2.45, 2.75) is 32.4 Å². The highest BCUT2D eigenvalue weighted by Gasteiger charge is 2.31. The van der Waals surface area contributed by atoms with Crippen LogP contribution in [-0.2, 0) is 11.3 Å². The zero-order valence-electron chi connectivity index (χ0n) is 12.1. The zero-order chi connectivity index (χ0) is 14.7. The second-order valence-corrected chi connectivity index (χ2v) is 5.34. The Kier molecular flexibility index (Phi) is 3.90. The van der Waals surface area contributed by atoms with Gasteiger partial charge in [0.25, 0.3) is 0 Å². The monoisotopic (exact) mass is 285 g/mol. The molecule has 110 valence electrons. The van der Waals surface area contributed by atoms with E-state index in [0.29, 0.717) is 6.54 Å². The number of anilines is 1. The van der Waals surface area contributed by atoms with Crippen LogP contribution in [0.2, 0.25) is 0 Å². The van der Waals surface area contributed by atoms with Crippen LogP contribution in [0, 0.1) is 6.92 Å². The number of aryl methyl sites for hydroxylation is 1. The average Bonchev–Trinajstić information content (AvgIpc) is 3.16. The van der Waals surface area contributed by atoms with Gasteiger partial charge in [-0.2, -0.15) is 0 Å². The van der Waals surface area contributed by atoms with Crippen molar-refractivity contribution in [3.63, 3.8) is 0 Å². The fourth-order valence-corrected chi connectivity index (χ4v) is 2.70.